The molecule has 0 aliphatic rings. The van der Waals surface area contributed by atoms with Crippen molar-refractivity contribution in [3.8, 4) is 11.5 Å². The normalized spacial score (nSPS) is 10.6. The van der Waals surface area contributed by atoms with E-state index < -0.39 is 0 Å². The van der Waals surface area contributed by atoms with Gasteiger partial charge in [0.2, 0.25) is 0 Å². The highest BCUT2D eigenvalue weighted by molar-refractivity contribution is 9.10. The molecule has 0 saturated carbocycles. The van der Waals surface area contributed by atoms with E-state index in [-0.39, 0.29) is 0 Å². The number of benzene rings is 2. The van der Waals surface area contributed by atoms with Gasteiger partial charge in [-0.2, -0.15) is 0 Å². The average molecular weight is 315 g/mol. The molecule has 3 nitrogen and oxygen atoms in total. The summed E-state index contributed by atoms with van der Waals surface area (Å²) in [5, 5.41) is 2.28. The third-order valence-corrected chi connectivity index (χ3v) is 3.63. The van der Waals surface area contributed by atoms with Gasteiger partial charge in [-0.1, -0.05) is 30.3 Å². The second-order valence-electron chi connectivity index (χ2n) is 4.12. The zero-order valence-electron chi connectivity index (χ0n) is 10.0. The fourth-order valence-corrected chi connectivity index (χ4v) is 2.48. The molecule has 2 aromatic carbocycles. The van der Waals surface area contributed by atoms with Gasteiger partial charge in [0.05, 0.1) is 4.47 Å². The van der Waals surface area contributed by atoms with Crippen LogP contribution in [0.5, 0.6) is 11.5 Å². The lowest BCUT2D eigenvalue weighted by Crippen LogP contribution is -1.91. The number of pyridine rings is 1. The maximum atomic E-state index is 5.83. The maximum absolute atomic E-state index is 5.83. The third-order valence-electron chi connectivity index (χ3n) is 2.81. The molecule has 19 heavy (non-hydrogen) atoms. The molecular formula is C15H11BrN2O. The second-order valence-corrected chi connectivity index (χ2v) is 4.91. The summed E-state index contributed by atoms with van der Waals surface area (Å²) < 4.78 is 6.76. The van der Waals surface area contributed by atoms with Crippen LogP contribution in [0.3, 0.4) is 0 Å². The number of nitrogens with two attached hydrogens (primary N) is 1. The first-order chi connectivity index (χ1) is 9.24. The number of hydrogen-bond donors (Lipinski definition) is 1. The number of nitrogen functional groups attached to an aromatic ring is 1. The van der Waals surface area contributed by atoms with Gasteiger partial charge in [-0.15, -0.1) is 0 Å². The molecule has 0 bridgehead atoms. The molecule has 0 saturated heterocycles. The lowest BCUT2D eigenvalue weighted by Gasteiger charge is -2.10. The summed E-state index contributed by atoms with van der Waals surface area (Å²) in [7, 11) is 0. The highest BCUT2D eigenvalue weighted by Gasteiger charge is 2.07. The molecule has 3 rings (SSSR count). The summed E-state index contributed by atoms with van der Waals surface area (Å²) in [6, 6.07) is 15.6. The van der Waals surface area contributed by atoms with Crippen molar-refractivity contribution in [1.29, 1.82) is 0 Å². The van der Waals surface area contributed by atoms with Gasteiger partial charge in [0.1, 0.15) is 17.3 Å². The molecule has 0 amide bonds. The molecule has 0 aliphatic carbocycles. The summed E-state index contributed by atoms with van der Waals surface area (Å²) in [6.07, 6.45) is 1.62. The number of fused-ring (bicyclic) bond motifs is 1. The van der Waals surface area contributed by atoms with Gasteiger partial charge in [-0.05, 0) is 38.8 Å². The topological polar surface area (TPSA) is 48.1 Å². The minimum atomic E-state index is 0.439. The Morgan fingerprint density at radius 2 is 1.89 bits per heavy atom. The Bertz CT molecular complexity index is 743. The molecule has 0 unspecified atom stereocenters. The number of rotatable bonds is 2. The first-order valence-corrected chi connectivity index (χ1v) is 6.60. The molecule has 4 heteroatoms. The molecule has 1 aromatic heterocycles. The molecule has 0 atom stereocenters. The van der Waals surface area contributed by atoms with E-state index in [2.05, 4.69) is 27.0 Å². The van der Waals surface area contributed by atoms with Crippen molar-refractivity contribution in [3.63, 3.8) is 0 Å². The lowest BCUT2D eigenvalue weighted by atomic mass is 10.1. The van der Waals surface area contributed by atoms with E-state index in [4.69, 9.17) is 10.5 Å². The Morgan fingerprint density at radius 1 is 1.05 bits per heavy atom. The SMILES string of the molecule is Nc1cc(Oc2ccc3ccccc3c2Br)ccn1. The molecule has 0 radical (unpaired) electrons. The van der Waals surface area contributed by atoms with Crippen LogP contribution in [-0.4, -0.2) is 4.98 Å². The summed E-state index contributed by atoms with van der Waals surface area (Å²) in [4.78, 5) is 3.94. The quantitative estimate of drug-likeness (QED) is 0.764. The molecule has 94 valence electrons. The van der Waals surface area contributed by atoms with E-state index >= 15 is 0 Å². The molecule has 0 fully saturated rings. The summed E-state index contributed by atoms with van der Waals surface area (Å²) in [5.74, 6) is 1.86. The Balaban J connectivity index is 2.04. The number of hydrogen-bond acceptors (Lipinski definition) is 3. The van der Waals surface area contributed by atoms with Gasteiger partial charge in [0.15, 0.2) is 0 Å². The minimum Gasteiger partial charge on any atom is -0.456 e. The summed E-state index contributed by atoms with van der Waals surface area (Å²) in [6.45, 7) is 0. The number of nitrogens with zero attached hydrogens (tertiary/aromatic N) is 1. The molecule has 2 N–H and O–H groups in total. The van der Waals surface area contributed by atoms with Crippen LogP contribution in [0, 0.1) is 0 Å². The second kappa shape index (κ2) is 4.90. The lowest BCUT2D eigenvalue weighted by molar-refractivity contribution is 0.480. The van der Waals surface area contributed by atoms with E-state index in [0.29, 0.717) is 11.6 Å². The highest BCUT2D eigenvalue weighted by Crippen LogP contribution is 2.35. The fourth-order valence-electron chi connectivity index (χ4n) is 1.91. The van der Waals surface area contributed by atoms with E-state index in [1.165, 1.54) is 0 Å². The molecule has 0 spiro atoms. The largest absolute Gasteiger partial charge is 0.456 e. The Hall–Kier alpha value is -2.07. The zero-order valence-corrected chi connectivity index (χ0v) is 11.6. The van der Waals surface area contributed by atoms with Crippen molar-refractivity contribution >= 4 is 32.5 Å². The molecule has 0 aliphatic heterocycles. The predicted molar refractivity (Wildman–Crippen MR) is 80.4 cm³/mol. The van der Waals surface area contributed by atoms with Crippen molar-refractivity contribution in [2.24, 2.45) is 0 Å². The number of aromatic nitrogens is 1. The number of halogens is 1. The fraction of sp³-hybridized carbons (Fsp3) is 0. The standard InChI is InChI=1S/C15H11BrN2O/c16-15-12-4-2-1-3-10(12)5-6-13(15)19-11-7-8-18-14(17)9-11/h1-9H,(H2,17,18). The third kappa shape index (κ3) is 2.39. The Kier molecular flexibility index (Phi) is 3.09. The van der Waals surface area contributed by atoms with Gasteiger partial charge >= 0.3 is 0 Å². The first kappa shape index (κ1) is 12.0. The van der Waals surface area contributed by atoms with Gasteiger partial charge in [-0.3, -0.25) is 0 Å². The van der Waals surface area contributed by atoms with Crippen molar-refractivity contribution in [3.05, 3.63) is 59.2 Å². The first-order valence-electron chi connectivity index (χ1n) is 5.81. The molecule has 1 heterocycles. The van der Waals surface area contributed by atoms with Gasteiger partial charge < -0.3 is 10.5 Å². The smallest absolute Gasteiger partial charge is 0.142 e. The van der Waals surface area contributed by atoms with Crippen LogP contribution in [0.4, 0.5) is 5.82 Å². The molecular weight excluding hydrogens is 304 g/mol. The Morgan fingerprint density at radius 3 is 2.74 bits per heavy atom. The Labute approximate surface area is 119 Å². The minimum absolute atomic E-state index is 0.439. The van der Waals surface area contributed by atoms with E-state index in [1.54, 1.807) is 18.3 Å². The maximum Gasteiger partial charge on any atom is 0.142 e. The van der Waals surface area contributed by atoms with Gasteiger partial charge in [-0.25, -0.2) is 4.98 Å². The van der Waals surface area contributed by atoms with Crippen LogP contribution in [-0.2, 0) is 0 Å². The van der Waals surface area contributed by atoms with E-state index in [0.717, 1.165) is 21.0 Å². The summed E-state index contributed by atoms with van der Waals surface area (Å²) in [5.41, 5.74) is 5.64. The average Bonchev–Trinajstić information content (AvgIpc) is 2.42. The molecule has 3 aromatic rings. The van der Waals surface area contributed by atoms with Gasteiger partial charge in [0.25, 0.3) is 0 Å². The van der Waals surface area contributed by atoms with Crippen LogP contribution in [0.2, 0.25) is 0 Å². The monoisotopic (exact) mass is 314 g/mol. The van der Waals surface area contributed by atoms with E-state index in [1.807, 2.05) is 30.3 Å². The highest BCUT2D eigenvalue weighted by atomic mass is 79.9. The van der Waals surface area contributed by atoms with Crippen LogP contribution in [0.1, 0.15) is 0 Å². The van der Waals surface area contributed by atoms with Crippen molar-refractivity contribution in [2.45, 2.75) is 0 Å². The van der Waals surface area contributed by atoms with Crippen LogP contribution < -0.4 is 10.5 Å². The van der Waals surface area contributed by atoms with Crippen molar-refractivity contribution in [2.75, 3.05) is 5.73 Å². The van der Waals surface area contributed by atoms with Crippen molar-refractivity contribution < 1.29 is 4.74 Å². The van der Waals surface area contributed by atoms with Gasteiger partial charge in [0, 0.05) is 12.3 Å². The van der Waals surface area contributed by atoms with Crippen LogP contribution in [0.15, 0.2) is 59.2 Å². The van der Waals surface area contributed by atoms with Crippen LogP contribution in [0.25, 0.3) is 10.8 Å². The zero-order chi connectivity index (χ0) is 13.2. The number of anilines is 1. The summed E-state index contributed by atoms with van der Waals surface area (Å²) >= 11 is 3.59. The van der Waals surface area contributed by atoms with E-state index in [9.17, 15) is 0 Å². The predicted octanol–water partition coefficient (Wildman–Crippen LogP) is 4.37. The van der Waals surface area contributed by atoms with Crippen LogP contribution >= 0.6 is 15.9 Å². The number of ether oxygens (including phenoxy) is 1. The van der Waals surface area contributed by atoms with Crippen molar-refractivity contribution in [1.82, 2.24) is 4.98 Å².